The molecule has 3 nitrogen and oxygen atoms in total. The summed E-state index contributed by atoms with van der Waals surface area (Å²) in [5.41, 5.74) is 2.31. The van der Waals surface area contributed by atoms with Crippen LogP contribution in [0.1, 0.15) is 25.1 Å². The van der Waals surface area contributed by atoms with E-state index in [1.165, 1.54) is 0 Å². The lowest BCUT2D eigenvalue weighted by Crippen LogP contribution is -2.04. The fourth-order valence-corrected chi connectivity index (χ4v) is 2.45. The number of aryl methyl sites for hydroxylation is 1. The summed E-state index contributed by atoms with van der Waals surface area (Å²) >= 11 is 3.54. The highest BCUT2D eigenvalue weighted by Crippen LogP contribution is 2.27. The van der Waals surface area contributed by atoms with E-state index in [-0.39, 0.29) is 0 Å². The minimum Gasteiger partial charge on any atom is -0.331 e. The Morgan fingerprint density at radius 3 is 2.82 bits per heavy atom. The van der Waals surface area contributed by atoms with Crippen LogP contribution in [0.4, 0.5) is 0 Å². The standard InChI is InChI=1S/C13H14BrN3/c1-8(2)6-17-7-11(14)10-4-9(3)12(5-15)16-13(10)17/h4,7-8H,6H2,1-3H3. The summed E-state index contributed by atoms with van der Waals surface area (Å²) < 4.78 is 3.14. The molecule has 0 aromatic carbocycles. The van der Waals surface area contributed by atoms with Crippen molar-refractivity contribution in [2.45, 2.75) is 27.3 Å². The van der Waals surface area contributed by atoms with Gasteiger partial charge in [-0.25, -0.2) is 4.98 Å². The van der Waals surface area contributed by atoms with Crippen LogP contribution in [0.5, 0.6) is 0 Å². The second-order valence-corrected chi connectivity index (χ2v) is 5.51. The van der Waals surface area contributed by atoms with Crippen molar-refractivity contribution in [1.82, 2.24) is 9.55 Å². The lowest BCUT2D eigenvalue weighted by atomic mass is 10.2. The second-order valence-electron chi connectivity index (χ2n) is 4.66. The average molecular weight is 292 g/mol. The van der Waals surface area contributed by atoms with Crippen LogP contribution in [-0.2, 0) is 6.54 Å². The minimum atomic E-state index is 0.508. The zero-order chi connectivity index (χ0) is 12.6. The first-order valence-electron chi connectivity index (χ1n) is 5.59. The SMILES string of the molecule is Cc1cc2c(Br)cn(CC(C)C)c2nc1C#N. The number of hydrogen-bond acceptors (Lipinski definition) is 2. The van der Waals surface area contributed by atoms with Gasteiger partial charge in [-0.2, -0.15) is 5.26 Å². The van der Waals surface area contributed by atoms with E-state index in [2.05, 4.69) is 45.4 Å². The van der Waals surface area contributed by atoms with E-state index in [0.717, 1.165) is 27.6 Å². The molecule has 88 valence electrons. The molecule has 0 amide bonds. The second kappa shape index (κ2) is 4.50. The smallest absolute Gasteiger partial charge is 0.145 e. The molecule has 0 aliphatic carbocycles. The molecule has 2 aromatic heterocycles. The third-order valence-corrected chi connectivity index (χ3v) is 3.29. The lowest BCUT2D eigenvalue weighted by molar-refractivity contribution is 0.532. The predicted molar refractivity (Wildman–Crippen MR) is 71.7 cm³/mol. The highest BCUT2D eigenvalue weighted by atomic mass is 79.9. The van der Waals surface area contributed by atoms with Gasteiger partial charge in [-0.1, -0.05) is 13.8 Å². The maximum Gasteiger partial charge on any atom is 0.145 e. The van der Waals surface area contributed by atoms with Gasteiger partial charge in [0.25, 0.3) is 0 Å². The molecular weight excluding hydrogens is 278 g/mol. The van der Waals surface area contributed by atoms with E-state index in [0.29, 0.717) is 11.6 Å². The first-order valence-corrected chi connectivity index (χ1v) is 6.38. The van der Waals surface area contributed by atoms with Gasteiger partial charge < -0.3 is 4.57 Å². The zero-order valence-electron chi connectivity index (χ0n) is 10.2. The molecular formula is C13H14BrN3. The van der Waals surface area contributed by atoms with Crippen LogP contribution in [0.2, 0.25) is 0 Å². The Hall–Kier alpha value is -1.34. The molecule has 0 saturated heterocycles. The van der Waals surface area contributed by atoms with Gasteiger partial charge in [-0.05, 0) is 40.4 Å². The van der Waals surface area contributed by atoms with Crippen molar-refractivity contribution in [2.75, 3.05) is 0 Å². The fraction of sp³-hybridized carbons (Fsp3) is 0.385. The van der Waals surface area contributed by atoms with Crippen LogP contribution in [0.3, 0.4) is 0 Å². The molecule has 2 heterocycles. The molecule has 0 unspecified atom stereocenters. The van der Waals surface area contributed by atoms with Crippen molar-refractivity contribution in [2.24, 2.45) is 5.92 Å². The molecule has 2 aromatic rings. The highest BCUT2D eigenvalue weighted by Gasteiger charge is 2.11. The Labute approximate surface area is 109 Å². The number of halogens is 1. The van der Waals surface area contributed by atoms with E-state index >= 15 is 0 Å². The maximum atomic E-state index is 9.02. The van der Waals surface area contributed by atoms with Gasteiger partial charge in [-0.15, -0.1) is 0 Å². The number of rotatable bonds is 2. The Balaban J connectivity index is 2.68. The first kappa shape index (κ1) is 12.1. The van der Waals surface area contributed by atoms with Gasteiger partial charge in [0, 0.05) is 22.6 Å². The molecule has 0 N–H and O–H groups in total. The number of nitriles is 1. The third kappa shape index (κ3) is 2.20. The van der Waals surface area contributed by atoms with Crippen LogP contribution in [-0.4, -0.2) is 9.55 Å². The quantitative estimate of drug-likeness (QED) is 0.848. The summed E-state index contributed by atoms with van der Waals surface area (Å²) in [4.78, 5) is 4.44. The monoisotopic (exact) mass is 291 g/mol. The summed E-state index contributed by atoms with van der Waals surface area (Å²) in [6.07, 6.45) is 2.04. The molecule has 0 aliphatic heterocycles. The zero-order valence-corrected chi connectivity index (χ0v) is 11.7. The summed E-state index contributed by atoms with van der Waals surface area (Å²) in [5, 5.41) is 10.1. The molecule has 2 rings (SSSR count). The first-order chi connectivity index (χ1) is 8.02. The van der Waals surface area contributed by atoms with Gasteiger partial charge in [0.2, 0.25) is 0 Å². The van der Waals surface area contributed by atoms with Crippen LogP contribution >= 0.6 is 15.9 Å². The van der Waals surface area contributed by atoms with Crippen molar-refractivity contribution < 1.29 is 0 Å². The molecule has 0 atom stereocenters. The number of nitrogens with zero attached hydrogens (tertiary/aromatic N) is 3. The molecule has 17 heavy (non-hydrogen) atoms. The van der Waals surface area contributed by atoms with E-state index in [9.17, 15) is 0 Å². The molecule has 0 saturated carbocycles. The Kier molecular flexibility index (Phi) is 3.21. The van der Waals surface area contributed by atoms with Crippen molar-refractivity contribution in [3.8, 4) is 6.07 Å². The van der Waals surface area contributed by atoms with Gasteiger partial charge in [-0.3, -0.25) is 0 Å². The van der Waals surface area contributed by atoms with Crippen molar-refractivity contribution in [3.63, 3.8) is 0 Å². The van der Waals surface area contributed by atoms with Gasteiger partial charge in [0.1, 0.15) is 17.4 Å². The number of fused-ring (bicyclic) bond motifs is 1. The van der Waals surface area contributed by atoms with Crippen LogP contribution in [0.15, 0.2) is 16.7 Å². The van der Waals surface area contributed by atoms with Crippen LogP contribution in [0.25, 0.3) is 11.0 Å². The largest absolute Gasteiger partial charge is 0.331 e. The van der Waals surface area contributed by atoms with E-state index < -0.39 is 0 Å². The Bertz CT molecular complexity index is 605. The van der Waals surface area contributed by atoms with E-state index in [4.69, 9.17) is 5.26 Å². The van der Waals surface area contributed by atoms with Crippen molar-refractivity contribution >= 4 is 27.0 Å². The topological polar surface area (TPSA) is 41.6 Å². The summed E-state index contributed by atoms with van der Waals surface area (Å²) in [6.45, 7) is 7.15. The summed E-state index contributed by atoms with van der Waals surface area (Å²) in [7, 11) is 0. The van der Waals surface area contributed by atoms with Crippen LogP contribution < -0.4 is 0 Å². The summed E-state index contributed by atoms with van der Waals surface area (Å²) in [5.74, 6) is 0.547. The Morgan fingerprint density at radius 1 is 1.53 bits per heavy atom. The van der Waals surface area contributed by atoms with Gasteiger partial charge in [0.05, 0.1) is 0 Å². The number of hydrogen-bond donors (Lipinski definition) is 0. The van der Waals surface area contributed by atoms with E-state index in [1.807, 2.05) is 19.2 Å². The number of aromatic nitrogens is 2. The highest BCUT2D eigenvalue weighted by molar-refractivity contribution is 9.10. The predicted octanol–water partition coefficient (Wildman–Crippen LogP) is 3.63. The Morgan fingerprint density at radius 2 is 2.24 bits per heavy atom. The third-order valence-electron chi connectivity index (χ3n) is 2.66. The molecule has 0 bridgehead atoms. The number of pyridine rings is 1. The van der Waals surface area contributed by atoms with Gasteiger partial charge in [0.15, 0.2) is 0 Å². The van der Waals surface area contributed by atoms with Gasteiger partial charge >= 0.3 is 0 Å². The molecule has 0 spiro atoms. The average Bonchev–Trinajstić information content (AvgIpc) is 2.53. The van der Waals surface area contributed by atoms with Crippen LogP contribution in [0, 0.1) is 24.2 Å². The van der Waals surface area contributed by atoms with Crippen molar-refractivity contribution in [3.05, 3.63) is 28.0 Å². The van der Waals surface area contributed by atoms with E-state index in [1.54, 1.807) is 0 Å². The van der Waals surface area contributed by atoms with Crippen molar-refractivity contribution in [1.29, 1.82) is 5.26 Å². The molecule has 0 aliphatic rings. The fourth-order valence-electron chi connectivity index (χ4n) is 1.91. The normalized spacial score (nSPS) is 11.1. The molecule has 4 heteroatoms. The maximum absolute atomic E-state index is 9.02. The lowest BCUT2D eigenvalue weighted by Gasteiger charge is -2.07. The molecule has 0 radical (unpaired) electrons. The minimum absolute atomic E-state index is 0.508. The molecule has 0 fully saturated rings. The summed E-state index contributed by atoms with van der Waals surface area (Å²) in [6, 6.07) is 4.15.